The molecule has 1 atom stereocenters. The standard InChI is InChI=1S/C11H14BrN3O/c12-9-2-1-4-14-11(9)15-5-3-8(7-15)6-10(13)16/h1-2,4,8H,3,5-7H2,(H2,13,16)/t8-/m1/s1. The number of carbonyl (C=O) groups is 1. The molecule has 1 aromatic rings. The maximum atomic E-state index is 10.8. The number of carbonyl (C=O) groups excluding carboxylic acids is 1. The quantitative estimate of drug-likeness (QED) is 0.916. The Balaban J connectivity index is 2.04. The summed E-state index contributed by atoms with van der Waals surface area (Å²) in [6, 6.07) is 3.87. The van der Waals surface area contributed by atoms with E-state index >= 15 is 0 Å². The van der Waals surface area contributed by atoms with E-state index in [9.17, 15) is 4.79 Å². The first kappa shape index (κ1) is 11.4. The Morgan fingerprint density at radius 1 is 1.69 bits per heavy atom. The van der Waals surface area contributed by atoms with Gasteiger partial charge < -0.3 is 10.6 Å². The molecule has 1 aliphatic heterocycles. The average molecular weight is 284 g/mol. The average Bonchev–Trinajstić information content (AvgIpc) is 2.66. The first-order chi connectivity index (χ1) is 7.66. The van der Waals surface area contributed by atoms with Crippen molar-refractivity contribution in [1.82, 2.24) is 4.98 Å². The summed E-state index contributed by atoms with van der Waals surface area (Å²) >= 11 is 3.48. The second-order valence-electron chi connectivity index (χ2n) is 4.08. The molecule has 0 aliphatic carbocycles. The summed E-state index contributed by atoms with van der Waals surface area (Å²) in [6.45, 7) is 1.80. The molecule has 2 N–H and O–H groups in total. The highest BCUT2D eigenvalue weighted by Crippen LogP contribution is 2.29. The third-order valence-corrected chi connectivity index (χ3v) is 3.43. The Morgan fingerprint density at radius 3 is 3.19 bits per heavy atom. The molecule has 0 saturated carbocycles. The Bertz CT molecular complexity index is 397. The van der Waals surface area contributed by atoms with Gasteiger partial charge in [-0.1, -0.05) is 0 Å². The van der Waals surface area contributed by atoms with Crippen LogP contribution in [0.3, 0.4) is 0 Å². The lowest BCUT2D eigenvalue weighted by Gasteiger charge is -2.18. The van der Waals surface area contributed by atoms with E-state index in [2.05, 4.69) is 25.8 Å². The van der Waals surface area contributed by atoms with E-state index < -0.39 is 0 Å². The molecule has 4 nitrogen and oxygen atoms in total. The number of anilines is 1. The molecule has 5 heteroatoms. The van der Waals surface area contributed by atoms with Gasteiger partial charge in [0.25, 0.3) is 0 Å². The summed E-state index contributed by atoms with van der Waals surface area (Å²) in [5.41, 5.74) is 5.20. The number of hydrogen-bond donors (Lipinski definition) is 1. The molecular weight excluding hydrogens is 270 g/mol. The first-order valence-corrected chi connectivity index (χ1v) is 6.10. The Hall–Kier alpha value is -1.10. The SMILES string of the molecule is NC(=O)C[C@H]1CCN(c2ncccc2Br)C1. The molecule has 1 aliphatic rings. The second-order valence-corrected chi connectivity index (χ2v) is 4.93. The van der Waals surface area contributed by atoms with Gasteiger partial charge in [-0.3, -0.25) is 4.79 Å². The fourth-order valence-corrected chi connectivity index (χ4v) is 2.59. The lowest BCUT2D eigenvalue weighted by atomic mass is 10.1. The highest BCUT2D eigenvalue weighted by molar-refractivity contribution is 9.10. The summed E-state index contributed by atoms with van der Waals surface area (Å²) in [4.78, 5) is 17.4. The topological polar surface area (TPSA) is 59.2 Å². The van der Waals surface area contributed by atoms with Gasteiger partial charge in [0.05, 0.1) is 4.47 Å². The lowest BCUT2D eigenvalue weighted by molar-refractivity contribution is -0.118. The number of nitrogens with zero attached hydrogens (tertiary/aromatic N) is 2. The van der Waals surface area contributed by atoms with Gasteiger partial charge in [-0.2, -0.15) is 0 Å². The Morgan fingerprint density at radius 2 is 2.50 bits per heavy atom. The largest absolute Gasteiger partial charge is 0.370 e. The fourth-order valence-electron chi connectivity index (χ4n) is 2.09. The van der Waals surface area contributed by atoms with Crippen LogP contribution in [0.1, 0.15) is 12.8 Å². The normalized spacial score (nSPS) is 20.1. The zero-order valence-corrected chi connectivity index (χ0v) is 10.5. The maximum Gasteiger partial charge on any atom is 0.217 e. The van der Waals surface area contributed by atoms with Crippen molar-refractivity contribution in [3.63, 3.8) is 0 Å². The molecule has 86 valence electrons. The van der Waals surface area contributed by atoms with E-state index in [1.165, 1.54) is 0 Å². The van der Waals surface area contributed by atoms with Gasteiger partial charge in [0.2, 0.25) is 5.91 Å². The monoisotopic (exact) mass is 283 g/mol. The van der Waals surface area contributed by atoms with Crippen LogP contribution in [0.25, 0.3) is 0 Å². The van der Waals surface area contributed by atoms with Crippen molar-refractivity contribution in [2.24, 2.45) is 11.7 Å². The van der Waals surface area contributed by atoms with Crippen molar-refractivity contribution in [3.05, 3.63) is 22.8 Å². The maximum absolute atomic E-state index is 10.8. The molecule has 0 radical (unpaired) electrons. The fraction of sp³-hybridized carbons (Fsp3) is 0.455. The minimum Gasteiger partial charge on any atom is -0.370 e. The van der Waals surface area contributed by atoms with Crippen molar-refractivity contribution < 1.29 is 4.79 Å². The van der Waals surface area contributed by atoms with Crippen LogP contribution in [-0.4, -0.2) is 24.0 Å². The molecule has 1 amide bonds. The Kier molecular flexibility index (Phi) is 3.43. The third-order valence-electron chi connectivity index (χ3n) is 2.81. The van der Waals surface area contributed by atoms with Gasteiger partial charge >= 0.3 is 0 Å². The molecule has 1 saturated heterocycles. The van der Waals surface area contributed by atoms with E-state index in [1.807, 2.05) is 12.1 Å². The van der Waals surface area contributed by atoms with Crippen LogP contribution in [0.5, 0.6) is 0 Å². The third kappa shape index (κ3) is 2.52. The van der Waals surface area contributed by atoms with Gasteiger partial charge in [-0.05, 0) is 40.4 Å². The molecule has 1 aromatic heterocycles. The van der Waals surface area contributed by atoms with Crippen LogP contribution in [0.15, 0.2) is 22.8 Å². The lowest BCUT2D eigenvalue weighted by Crippen LogP contribution is -2.23. The van der Waals surface area contributed by atoms with Crippen LogP contribution in [-0.2, 0) is 4.79 Å². The molecule has 0 unspecified atom stereocenters. The first-order valence-electron chi connectivity index (χ1n) is 5.30. The molecule has 0 spiro atoms. The predicted octanol–water partition coefficient (Wildman–Crippen LogP) is 1.55. The summed E-state index contributed by atoms with van der Waals surface area (Å²) in [7, 11) is 0. The second kappa shape index (κ2) is 4.82. The van der Waals surface area contributed by atoms with Gasteiger partial charge in [0.15, 0.2) is 0 Å². The number of rotatable bonds is 3. The van der Waals surface area contributed by atoms with Gasteiger partial charge in [-0.15, -0.1) is 0 Å². The molecule has 0 aromatic carbocycles. The smallest absolute Gasteiger partial charge is 0.217 e. The summed E-state index contributed by atoms with van der Waals surface area (Å²) < 4.78 is 0.995. The van der Waals surface area contributed by atoms with Crippen LogP contribution >= 0.6 is 15.9 Å². The van der Waals surface area contributed by atoms with Crippen LogP contribution in [0.2, 0.25) is 0 Å². The van der Waals surface area contributed by atoms with Crippen molar-refractivity contribution in [3.8, 4) is 0 Å². The van der Waals surface area contributed by atoms with Crippen molar-refractivity contribution in [2.75, 3.05) is 18.0 Å². The van der Waals surface area contributed by atoms with E-state index in [0.717, 1.165) is 29.8 Å². The zero-order valence-electron chi connectivity index (χ0n) is 8.90. The Labute approximate surface area is 103 Å². The number of primary amides is 1. The number of aromatic nitrogens is 1. The highest BCUT2D eigenvalue weighted by Gasteiger charge is 2.25. The molecule has 1 fully saturated rings. The van der Waals surface area contributed by atoms with Gasteiger partial charge in [-0.25, -0.2) is 4.98 Å². The van der Waals surface area contributed by atoms with Gasteiger partial charge in [0, 0.05) is 25.7 Å². The highest BCUT2D eigenvalue weighted by atomic mass is 79.9. The van der Waals surface area contributed by atoms with Crippen LogP contribution in [0.4, 0.5) is 5.82 Å². The summed E-state index contributed by atoms with van der Waals surface area (Å²) in [5.74, 6) is 1.10. The van der Waals surface area contributed by atoms with Gasteiger partial charge in [0.1, 0.15) is 5.82 Å². The zero-order chi connectivity index (χ0) is 11.5. The number of pyridine rings is 1. The molecule has 0 bridgehead atoms. The molecule has 2 rings (SSSR count). The number of hydrogen-bond acceptors (Lipinski definition) is 3. The minimum atomic E-state index is -0.216. The number of nitrogens with two attached hydrogens (primary N) is 1. The number of amides is 1. The molecule has 2 heterocycles. The predicted molar refractivity (Wildman–Crippen MR) is 66.1 cm³/mol. The van der Waals surface area contributed by atoms with Crippen molar-refractivity contribution in [2.45, 2.75) is 12.8 Å². The van der Waals surface area contributed by atoms with Crippen LogP contribution < -0.4 is 10.6 Å². The van der Waals surface area contributed by atoms with E-state index in [4.69, 9.17) is 5.73 Å². The van der Waals surface area contributed by atoms with E-state index in [1.54, 1.807) is 6.20 Å². The number of halogens is 1. The van der Waals surface area contributed by atoms with Crippen molar-refractivity contribution in [1.29, 1.82) is 0 Å². The molecular formula is C11H14BrN3O. The van der Waals surface area contributed by atoms with Crippen molar-refractivity contribution >= 4 is 27.7 Å². The molecule has 16 heavy (non-hydrogen) atoms. The van der Waals surface area contributed by atoms with E-state index in [-0.39, 0.29) is 5.91 Å². The van der Waals surface area contributed by atoms with Crippen LogP contribution in [0, 0.1) is 5.92 Å². The van der Waals surface area contributed by atoms with E-state index in [0.29, 0.717) is 12.3 Å². The minimum absolute atomic E-state index is 0.216. The summed E-state index contributed by atoms with van der Waals surface area (Å²) in [6.07, 6.45) is 3.26. The summed E-state index contributed by atoms with van der Waals surface area (Å²) in [5, 5.41) is 0.